The molecule has 1 aromatic heterocycles. The van der Waals surface area contributed by atoms with Gasteiger partial charge in [0.2, 0.25) is 0 Å². The SMILES string of the molecule is Cc1cc(N2CCOCC2)nc(CNC(=O)Nc2ccc(F)c(Cl)c2)n1. The fraction of sp³-hybridized carbons (Fsp3) is 0.353. The highest BCUT2D eigenvalue weighted by atomic mass is 35.5. The minimum atomic E-state index is -0.540. The highest BCUT2D eigenvalue weighted by Gasteiger charge is 2.14. The molecule has 9 heteroatoms. The summed E-state index contributed by atoms with van der Waals surface area (Å²) in [6.45, 7) is 4.93. The van der Waals surface area contributed by atoms with E-state index >= 15 is 0 Å². The van der Waals surface area contributed by atoms with Gasteiger partial charge in [-0.05, 0) is 25.1 Å². The zero-order valence-corrected chi connectivity index (χ0v) is 15.0. The average Bonchev–Trinajstić information content (AvgIpc) is 2.63. The summed E-state index contributed by atoms with van der Waals surface area (Å²) in [7, 11) is 0. The molecule has 2 aromatic rings. The van der Waals surface area contributed by atoms with Crippen LogP contribution in [-0.4, -0.2) is 42.3 Å². The second-order valence-electron chi connectivity index (χ2n) is 5.82. The molecule has 3 rings (SSSR count). The summed E-state index contributed by atoms with van der Waals surface area (Å²) in [5, 5.41) is 5.22. The fourth-order valence-corrected chi connectivity index (χ4v) is 2.73. The van der Waals surface area contributed by atoms with Crippen LogP contribution >= 0.6 is 11.6 Å². The lowest BCUT2D eigenvalue weighted by atomic mass is 10.3. The Morgan fingerprint density at radius 1 is 1.31 bits per heavy atom. The van der Waals surface area contributed by atoms with Gasteiger partial charge in [0, 0.05) is 30.5 Å². The number of rotatable bonds is 4. The van der Waals surface area contributed by atoms with Crippen molar-refractivity contribution in [2.45, 2.75) is 13.5 Å². The van der Waals surface area contributed by atoms with E-state index < -0.39 is 11.8 Å². The fourth-order valence-electron chi connectivity index (χ4n) is 2.55. The second-order valence-corrected chi connectivity index (χ2v) is 6.23. The Hall–Kier alpha value is -2.45. The van der Waals surface area contributed by atoms with E-state index in [9.17, 15) is 9.18 Å². The lowest BCUT2D eigenvalue weighted by Crippen LogP contribution is -2.37. The third-order valence-electron chi connectivity index (χ3n) is 3.81. The molecule has 1 aliphatic rings. The number of halogens is 2. The summed E-state index contributed by atoms with van der Waals surface area (Å²) in [6.07, 6.45) is 0. The average molecular weight is 380 g/mol. The molecule has 0 aliphatic carbocycles. The van der Waals surface area contributed by atoms with E-state index in [1.54, 1.807) is 0 Å². The molecule has 26 heavy (non-hydrogen) atoms. The van der Waals surface area contributed by atoms with Crippen LogP contribution in [0.25, 0.3) is 0 Å². The molecule has 7 nitrogen and oxygen atoms in total. The number of aromatic nitrogens is 2. The predicted molar refractivity (Wildman–Crippen MR) is 97.1 cm³/mol. The van der Waals surface area contributed by atoms with Gasteiger partial charge in [0.05, 0.1) is 24.8 Å². The topological polar surface area (TPSA) is 79.4 Å². The largest absolute Gasteiger partial charge is 0.378 e. The quantitative estimate of drug-likeness (QED) is 0.853. The molecule has 0 atom stereocenters. The molecule has 1 aliphatic heterocycles. The molecule has 0 spiro atoms. The standard InChI is InChI=1S/C17H19ClFN5O2/c1-11-8-16(24-4-6-26-7-5-24)23-15(21-11)10-20-17(25)22-12-2-3-14(19)13(18)9-12/h2-3,8-9H,4-7,10H2,1H3,(H2,20,22,25). The molecule has 0 unspecified atom stereocenters. The Morgan fingerprint density at radius 2 is 2.08 bits per heavy atom. The third kappa shape index (κ3) is 4.80. The van der Waals surface area contributed by atoms with Gasteiger partial charge in [0.15, 0.2) is 0 Å². The van der Waals surface area contributed by atoms with Crippen LogP contribution in [0.1, 0.15) is 11.5 Å². The number of aryl methyl sites for hydroxylation is 1. The van der Waals surface area contributed by atoms with Crippen molar-refractivity contribution in [1.29, 1.82) is 0 Å². The van der Waals surface area contributed by atoms with Crippen LogP contribution in [-0.2, 0) is 11.3 Å². The number of benzene rings is 1. The molecule has 138 valence electrons. The van der Waals surface area contributed by atoms with E-state index in [2.05, 4.69) is 25.5 Å². The first-order valence-corrected chi connectivity index (χ1v) is 8.56. The lowest BCUT2D eigenvalue weighted by Gasteiger charge is -2.28. The molecular weight excluding hydrogens is 361 g/mol. The summed E-state index contributed by atoms with van der Waals surface area (Å²) in [5.41, 5.74) is 1.22. The number of nitrogens with one attached hydrogen (secondary N) is 2. The molecule has 2 heterocycles. The van der Waals surface area contributed by atoms with E-state index in [4.69, 9.17) is 16.3 Å². The van der Waals surface area contributed by atoms with Crippen molar-refractivity contribution in [3.63, 3.8) is 0 Å². The molecule has 1 fully saturated rings. The van der Waals surface area contributed by atoms with Crippen molar-refractivity contribution in [2.75, 3.05) is 36.5 Å². The van der Waals surface area contributed by atoms with Gasteiger partial charge < -0.3 is 20.3 Å². The highest BCUT2D eigenvalue weighted by molar-refractivity contribution is 6.31. The number of hydrogen-bond donors (Lipinski definition) is 2. The first-order valence-electron chi connectivity index (χ1n) is 8.18. The van der Waals surface area contributed by atoms with Crippen LogP contribution in [0.2, 0.25) is 5.02 Å². The third-order valence-corrected chi connectivity index (χ3v) is 4.10. The number of ether oxygens (including phenoxy) is 1. The van der Waals surface area contributed by atoms with Crippen LogP contribution in [0, 0.1) is 12.7 Å². The Morgan fingerprint density at radius 3 is 2.81 bits per heavy atom. The van der Waals surface area contributed by atoms with Crippen molar-refractivity contribution in [3.8, 4) is 0 Å². The zero-order chi connectivity index (χ0) is 18.5. The number of morpholine rings is 1. The van der Waals surface area contributed by atoms with E-state index in [0.29, 0.717) is 24.7 Å². The van der Waals surface area contributed by atoms with Crippen molar-refractivity contribution in [2.24, 2.45) is 0 Å². The van der Waals surface area contributed by atoms with Gasteiger partial charge in [-0.25, -0.2) is 19.2 Å². The van der Waals surface area contributed by atoms with Crippen LogP contribution in [0.15, 0.2) is 24.3 Å². The summed E-state index contributed by atoms with van der Waals surface area (Å²) >= 11 is 5.70. The summed E-state index contributed by atoms with van der Waals surface area (Å²) in [5.74, 6) is 0.795. The maximum Gasteiger partial charge on any atom is 0.319 e. The van der Waals surface area contributed by atoms with E-state index in [1.165, 1.54) is 18.2 Å². The minimum Gasteiger partial charge on any atom is -0.378 e. The van der Waals surface area contributed by atoms with Crippen molar-refractivity contribution < 1.29 is 13.9 Å². The molecule has 0 radical (unpaired) electrons. The lowest BCUT2D eigenvalue weighted by molar-refractivity contribution is 0.122. The maximum atomic E-state index is 13.1. The Balaban J connectivity index is 1.60. The molecule has 0 saturated carbocycles. The number of anilines is 2. The van der Waals surface area contributed by atoms with Crippen LogP contribution in [0.4, 0.5) is 20.7 Å². The summed E-state index contributed by atoms with van der Waals surface area (Å²) in [4.78, 5) is 23.0. The van der Waals surface area contributed by atoms with Gasteiger partial charge in [-0.15, -0.1) is 0 Å². The monoisotopic (exact) mass is 379 g/mol. The Bertz CT molecular complexity index is 799. The molecular formula is C17H19ClFN5O2. The van der Waals surface area contributed by atoms with Gasteiger partial charge in [-0.2, -0.15) is 0 Å². The van der Waals surface area contributed by atoms with Gasteiger partial charge in [-0.1, -0.05) is 11.6 Å². The van der Waals surface area contributed by atoms with Gasteiger partial charge >= 0.3 is 6.03 Å². The molecule has 2 N–H and O–H groups in total. The van der Waals surface area contributed by atoms with Crippen LogP contribution in [0.5, 0.6) is 0 Å². The van der Waals surface area contributed by atoms with Crippen molar-refractivity contribution in [1.82, 2.24) is 15.3 Å². The number of urea groups is 1. The minimum absolute atomic E-state index is 0.0556. The highest BCUT2D eigenvalue weighted by Crippen LogP contribution is 2.19. The summed E-state index contributed by atoms with van der Waals surface area (Å²) in [6, 6.07) is 5.42. The number of carbonyl (C=O) groups is 1. The van der Waals surface area contributed by atoms with E-state index in [1.807, 2.05) is 13.0 Å². The van der Waals surface area contributed by atoms with E-state index in [0.717, 1.165) is 24.6 Å². The Labute approximate surface area is 155 Å². The van der Waals surface area contributed by atoms with Gasteiger partial charge in [-0.3, -0.25) is 0 Å². The molecule has 1 saturated heterocycles. The smallest absolute Gasteiger partial charge is 0.319 e. The van der Waals surface area contributed by atoms with Gasteiger partial charge in [0.25, 0.3) is 0 Å². The van der Waals surface area contributed by atoms with Crippen LogP contribution in [0.3, 0.4) is 0 Å². The normalized spacial score (nSPS) is 14.2. The molecule has 2 amide bonds. The predicted octanol–water partition coefficient (Wildman–Crippen LogP) is 2.74. The summed E-state index contributed by atoms with van der Waals surface area (Å²) < 4.78 is 18.5. The number of amides is 2. The van der Waals surface area contributed by atoms with Crippen LogP contribution < -0.4 is 15.5 Å². The Kier molecular flexibility index (Phi) is 5.85. The van der Waals surface area contributed by atoms with E-state index in [-0.39, 0.29) is 11.6 Å². The zero-order valence-electron chi connectivity index (χ0n) is 14.3. The van der Waals surface area contributed by atoms with Crippen molar-refractivity contribution in [3.05, 3.63) is 46.6 Å². The maximum absolute atomic E-state index is 13.1. The van der Waals surface area contributed by atoms with Gasteiger partial charge in [0.1, 0.15) is 17.5 Å². The molecule has 1 aromatic carbocycles. The van der Waals surface area contributed by atoms with Crippen molar-refractivity contribution >= 4 is 29.1 Å². The number of hydrogen-bond acceptors (Lipinski definition) is 5. The number of nitrogens with zero attached hydrogens (tertiary/aromatic N) is 3. The first-order chi connectivity index (χ1) is 12.5. The molecule has 0 bridgehead atoms. The first kappa shape index (κ1) is 18.3. The number of carbonyl (C=O) groups excluding carboxylic acids is 1. The second kappa shape index (κ2) is 8.29.